The molecule has 0 spiro atoms. The summed E-state index contributed by atoms with van der Waals surface area (Å²) in [4.78, 5) is 26.0. The van der Waals surface area contributed by atoms with Crippen LogP contribution < -0.4 is 15.0 Å². The van der Waals surface area contributed by atoms with Crippen molar-refractivity contribution in [1.29, 1.82) is 0 Å². The van der Waals surface area contributed by atoms with E-state index in [1.807, 2.05) is 0 Å². The normalized spacial score (nSPS) is 17.8. The van der Waals surface area contributed by atoms with E-state index >= 15 is 4.39 Å². The van der Waals surface area contributed by atoms with E-state index in [0.29, 0.717) is 45.8 Å². The third kappa shape index (κ3) is 5.21. The predicted molar refractivity (Wildman–Crippen MR) is 148 cm³/mol. The zero-order valence-electron chi connectivity index (χ0n) is 21.1. The van der Waals surface area contributed by atoms with Gasteiger partial charge in [0.25, 0.3) is 5.91 Å². The monoisotopic (exact) mass is 567 g/mol. The number of nitrogens with one attached hydrogen (secondary N) is 1. The minimum absolute atomic E-state index is 0.139. The standard InChI is InChI=1S/C28H27ClFN5O3S/c29-17-3-4-22-23(13-17)38-26-24-19(14-21(30)27(26)39-12-5-18-15-31-6-7-32-18)25(36)20(16-35(22)24)28(37)33-8-11-34-9-1-2-10-34/h3-4,6-7,13-16,25,36H,1-2,5,8-12H2,(H,33,37). The molecule has 2 aromatic carbocycles. The van der Waals surface area contributed by atoms with E-state index < -0.39 is 17.8 Å². The Balaban J connectivity index is 1.32. The number of aliphatic hydroxyl groups is 1. The highest BCUT2D eigenvalue weighted by Crippen LogP contribution is 2.57. The van der Waals surface area contributed by atoms with Crippen LogP contribution in [0.25, 0.3) is 0 Å². The fourth-order valence-corrected chi connectivity index (χ4v) is 6.29. The van der Waals surface area contributed by atoms with Crippen molar-refractivity contribution in [3.05, 3.63) is 76.7 Å². The zero-order valence-corrected chi connectivity index (χ0v) is 22.6. The molecule has 3 aromatic rings. The number of anilines is 2. The lowest BCUT2D eigenvalue weighted by molar-refractivity contribution is -0.118. The second kappa shape index (κ2) is 11.1. The lowest BCUT2D eigenvalue weighted by Crippen LogP contribution is -2.37. The molecule has 39 heavy (non-hydrogen) atoms. The van der Waals surface area contributed by atoms with E-state index in [2.05, 4.69) is 20.2 Å². The van der Waals surface area contributed by atoms with Gasteiger partial charge >= 0.3 is 0 Å². The molecule has 8 nitrogen and oxygen atoms in total. The van der Waals surface area contributed by atoms with Gasteiger partial charge in [0.15, 0.2) is 11.5 Å². The number of likely N-dealkylation sites (tertiary alicyclic amines) is 1. The predicted octanol–water partition coefficient (Wildman–Crippen LogP) is 4.99. The molecule has 1 saturated heterocycles. The number of hydrogen-bond donors (Lipinski definition) is 2. The number of halogens is 2. The van der Waals surface area contributed by atoms with Gasteiger partial charge in [-0.05, 0) is 44.1 Å². The maximum atomic E-state index is 15.6. The average Bonchev–Trinajstić information content (AvgIpc) is 3.45. The topological polar surface area (TPSA) is 90.8 Å². The molecule has 1 amide bonds. The zero-order chi connectivity index (χ0) is 26.9. The second-order valence-corrected chi connectivity index (χ2v) is 11.2. The molecular weight excluding hydrogens is 541 g/mol. The number of thioether (sulfide) groups is 1. The summed E-state index contributed by atoms with van der Waals surface area (Å²) in [5.41, 5.74) is 2.36. The van der Waals surface area contributed by atoms with Crippen LogP contribution in [0, 0.1) is 5.82 Å². The molecule has 1 fully saturated rings. The third-order valence-electron chi connectivity index (χ3n) is 7.08. The van der Waals surface area contributed by atoms with E-state index in [1.165, 1.54) is 30.7 Å². The number of rotatable bonds is 8. The highest BCUT2D eigenvalue weighted by molar-refractivity contribution is 7.99. The SMILES string of the molecule is O=C(NCCN1CCCC1)C1=CN2c3ccc(Cl)cc3Oc3c(SCCc4cnccn4)c(F)cc(c32)C1O. The largest absolute Gasteiger partial charge is 0.452 e. The summed E-state index contributed by atoms with van der Waals surface area (Å²) in [5.74, 6) is 0.333. The van der Waals surface area contributed by atoms with E-state index in [4.69, 9.17) is 16.3 Å². The van der Waals surface area contributed by atoms with Crippen molar-refractivity contribution < 1.29 is 19.0 Å². The number of ether oxygens (including phenoxy) is 1. The smallest absolute Gasteiger partial charge is 0.251 e. The van der Waals surface area contributed by atoms with Gasteiger partial charge in [0, 0.05) is 66.7 Å². The molecule has 6 rings (SSSR count). The van der Waals surface area contributed by atoms with Crippen LogP contribution in [-0.2, 0) is 11.2 Å². The first-order chi connectivity index (χ1) is 19.0. The molecule has 0 bridgehead atoms. The van der Waals surface area contributed by atoms with E-state index in [0.717, 1.165) is 25.3 Å². The maximum Gasteiger partial charge on any atom is 0.251 e. The molecule has 3 aliphatic heterocycles. The molecule has 4 heterocycles. The Morgan fingerprint density at radius 1 is 1.26 bits per heavy atom. The molecule has 202 valence electrons. The molecule has 3 aliphatic rings. The summed E-state index contributed by atoms with van der Waals surface area (Å²) >= 11 is 7.56. The van der Waals surface area contributed by atoms with Gasteiger partial charge in [0.1, 0.15) is 11.9 Å². The molecule has 1 aromatic heterocycles. The van der Waals surface area contributed by atoms with Crippen LogP contribution in [0.3, 0.4) is 0 Å². The Morgan fingerprint density at radius 2 is 2.10 bits per heavy atom. The van der Waals surface area contributed by atoms with Gasteiger partial charge in [-0.1, -0.05) is 11.6 Å². The summed E-state index contributed by atoms with van der Waals surface area (Å²) in [7, 11) is 0. The molecule has 0 saturated carbocycles. The van der Waals surface area contributed by atoms with Crippen molar-refractivity contribution in [3.63, 3.8) is 0 Å². The van der Waals surface area contributed by atoms with E-state index in [1.54, 1.807) is 47.9 Å². The summed E-state index contributed by atoms with van der Waals surface area (Å²) in [5, 5.41) is 14.7. The molecule has 0 radical (unpaired) electrons. The third-order valence-corrected chi connectivity index (χ3v) is 8.39. The van der Waals surface area contributed by atoms with Crippen molar-refractivity contribution >= 4 is 40.6 Å². The number of carbonyl (C=O) groups is 1. The van der Waals surface area contributed by atoms with E-state index in [9.17, 15) is 9.90 Å². The number of hydrogen-bond acceptors (Lipinski definition) is 8. The second-order valence-electron chi connectivity index (χ2n) is 9.63. The number of aliphatic hydroxyl groups excluding tert-OH is 1. The first kappa shape index (κ1) is 26.1. The van der Waals surface area contributed by atoms with Crippen molar-refractivity contribution in [2.45, 2.75) is 30.3 Å². The van der Waals surface area contributed by atoms with Crippen LogP contribution in [-0.4, -0.2) is 57.8 Å². The Morgan fingerprint density at radius 3 is 2.90 bits per heavy atom. The fourth-order valence-electron chi connectivity index (χ4n) is 5.15. The first-order valence-corrected chi connectivity index (χ1v) is 14.3. The van der Waals surface area contributed by atoms with Crippen LogP contribution in [0.4, 0.5) is 15.8 Å². The van der Waals surface area contributed by atoms with Gasteiger partial charge in [-0.15, -0.1) is 11.8 Å². The Bertz CT molecular complexity index is 1430. The number of benzene rings is 2. The van der Waals surface area contributed by atoms with Crippen LogP contribution in [0.1, 0.15) is 30.2 Å². The van der Waals surface area contributed by atoms with Crippen molar-refractivity contribution in [3.8, 4) is 11.5 Å². The number of fused-ring (bicyclic) bond motifs is 2. The van der Waals surface area contributed by atoms with Gasteiger partial charge in [-0.3, -0.25) is 14.8 Å². The minimum Gasteiger partial charge on any atom is -0.452 e. The van der Waals surface area contributed by atoms with Crippen molar-refractivity contribution in [2.75, 3.05) is 36.8 Å². The van der Waals surface area contributed by atoms with Crippen molar-refractivity contribution in [2.24, 2.45) is 0 Å². The summed E-state index contributed by atoms with van der Waals surface area (Å²) in [6.45, 7) is 3.27. The van der Waals surface area contributed by atoms with Gasteiger partial charge in [-0.25, -0.2) is 4.39 Å². The van der Waals surface area contributed by atoms with Crippen LogP contribution in [0.2, 0.25) is 5.02 Å². The van der Waals surface area contributed by atoms with Crippen LogP contribution >= 0.6 is 23.4 Å². The summed E-state index contributed by atoms with van der Waals surface area (Å²) in [6, 6.07) is 6.47. The Kier molecular flexibility index (Phi) is 7.44. The number of nitrogens with zero attached hydrogens (tertiary/aromatic N) is 4. The van der Waals surface area contributed by atoms with E-state index in [-0.39, 0.29) is 16.9 Å². The van der Waals surface area contributed by atoms with Crippen LogP contribution in [0.15, 0.2) is 59.5 Å². The molecule has 1 unspecified atom stereocenters. The summed E-state index contributed by atoms with van der Waals surface area (Å²) in [6.07, 6.45) is 8.14. The maximum absolute atomic E-state index is 15.6. The van der Waals surface area contributed by atoms with Gasteiger partial charge in [0.05, 0.1) is 27.5 Å². The number of amides is 1. The average molecular weight is 568 g/mol. The van der Waals surface area contributed by atoms with Gasteiger partial charge < -0.3 is 25.0 Å². The first-order valence-electron chi connectivity index (χ1n) is 12.9. The van der Waals surface area contributed by atoms with Gasteiger partial charge in [0.2, 0.25) is 0 Å². The highest BCUT2D eigenvalue weighted by Gasteiger charge is 2.39. The Hall–Kier alpha value is -3.18. The molecule has 0 aliphatic carbocycles. The lowest BCUT2D eigenvalue weighted by atomic mass is 9.93. The quantitative estimate of drug-likeness (QED) is 0.368. The fraction of sp³-hybridized carbons (Fsp3) is 0.321. The minimum atomic E-state index is -1.31. The van der Waals surface area contributed by atoms with Crippen molar-refractivity contribution in [1.82, 2.24) is 20.2 Å². The lowest BCUT2D eigenvalue weighted by Gasteiger charge is -2.38. The molecule has 11 heteroatoms. The molecular formula is C28H27ClFN5O3S. The number of aryl methyl sites for hydroxylation is 1. The molecule has 2 N–H and O–H groups in total. The summed E-state index contributed by atoms with van der Waals surface area (Å²) < 4.78 is 21.8. The molecule has 1 atom stereocenters. The number of carbonyl (C=O) groups excluding carboxylic acids is 1. The Labute approximate surface area is 234 Å². The number of aromatic nitrogens is 2. The highest BCUT2D eigenvalue weighted by atomic mass is 35.5. The van der Waals surface area contributed by atoms with Crippen LogP contribution in [0.5, 0.6) is 11.5 Å². The van der Waals surface area contributed by atoms with Gasteiger partial charge in [-0.2, -0.15) is 0 Å².